The van der Waals surface area contributed by atoms with Crippen molar-refractivity contribution in [1.29, 1.82) is 0 Å². The molecule has 2 N–H and O–H groups in total. The highest BCUT2D eigenvalue weighted by Gasteiger charge is 2.09. The van der Waals surface area contributed by atoms with E-state index in [2.05, 4.69) is 11.8 Å². The van der Waals surface area contributed by atoms with E-state index in [1.807, 2.05) is 30.1 Å². The summed E-state index contributed by atoms with van der Waals surface area (Å²) in [6.45, 7) is 1.37. The Labute approximate surface area is 127 Å². The van der Waals surface area contributed by atoms with Crippen LogP contribution in [0.4, 0.5) is 0 Å². The summed E-state index contributed by atoms with van der Waals surface area (Å²) < 4.78 is 27.7. The highest BCUT2D eigenvalue weighted by atomic mass is 32.2. The Morgan fingerprint density at radius 2 is 2.10 bits per heavy atom. The molecule has 0 fully saturated rings. The standard InChI is InChI=1S/C15H22N2O3S/c1-17(9-10-21(3,18)19)12-14-11-15(20-2)7-6-13(14)5-4-8-16/h6-7,11H,8-10,12,16H2,1-3H3. The smallest absolute Gasteiger partial charge is 0.148 e. The van der Waals surface area contributed by atoms with Crippen LogP contribution < -0.4 is 10.5 Å². The number of methoxy groups -OCH3 is 1. The molecule has 1 aromatic rings. The van der Waals surface area contributed by atoms with E-state index in [1.54, 1.807) is 7.11 Å². The highest BCUT2D eigenvalue weighted by Crippen LogP contribution is 2.18. The number of rotatable bonds is 6. The molecule has 0 amide bonds. The molecule has 0 saturated heterocycles. The van der Waals surface area contributed by atoms with Crippen LogP contribution in [-0.2, 0) is 16.4 Å². The molecule has 0 aliphatic rings. The van der Waals surface area contributed by atoms with Gasteiger partial charge in [0.25, 0.3) is 0 Å². The maximum Gasteiger partial charge on any atom is 0.148 e. The van der Waals surface area contributed by atoms with E-state index in [0.717, 1.165) is 16.9 Å². The van der Waals surface area contributed by atoms with Crippen LogP contribution in [0.15, 0.2) is 18.2 Å². The lowest BCUT2D eigenvalue weighted by atomic mass is 10.1. The second kappa shape index (κ2) is 8.03. The molecule has 0 bridgehead atoms. The molecule has 6 heteroatoms. The van der Waals surface area contributed by atoms with Gasteiger partial charge in [-0.15, -0.1) is 0 Å². The third kappa shape index (κ3) is 6.63. The fourth-order valence-electron chi connectivity index (χ4n) is 1.79. The molecule has 0 saturated carbocycles. The second-order valence-electron chi connectivity index (χ2n) is 4.90. The summed E-state index contributed by atoms with van der Waals surface area (Å²) in [5, 5.41) is 0. The van der Waals surface area contributed by atoms with Crippen LogP contribution in [0.1, 0.15) is 11.1 Å². The molecular weight excluding hydrogens is 288 g/mol. The normalized spacial score (nSPS) is 11.1. The average molecular weight is 310 g/mol. The molecule has 0 aliphatic heterocycles. The molecule has 0 aliphatic carbocycles. The minimum atomic E-state index is -2.96. The lowest BCUT2D eigenvalue weighted by molar-refractivity contribution is 0.344. The van der Waals surface area contributed by atoms with Crippen LogP contribution >= 0.6 is 0 Å². The van der Waals surface area contributed by atoms with Gasteiger partial charge in [0.2, 0.25) is 0 Å². The van der Waals surface area contributed by atoms with E-state index in [-0.39, 0.29) is 5.75 Å². The van der Waals surface area contributed by atoms with Crippen LogP contribution in [0.2, 0.25) is 0 Å². The maximum atomic E-state index is 11.2. The minimum absolute atomic E-state index is 0.136. The average Bonchev–Trinajstić information content (AvgIpc) is 2.43. The van der Waals surface area contributed by atoms with Gasteiger partial charge < -0.3 is 15.4 Å². The fraction of sp³-hybridized carbons (Fsp3) is 0.467. The van der Waals surface area contributed by atoms with E-state index < -0.39 is 9.84 Å². The molecule has 116 valence electrons. The zero-order chi connectivity index (χ0) is 15.9. The summed E-state index contributed by atoms with van der Waals surface area (Å²) in [6, 6.07) is 5.65. The molecule has 1 rings (SSSR count). The van der Waals surface area contributed by atoms with Crippen LogP contribution in [0.3, 0.4) is 0 Å². The lowest BCUT2D eigenvalue weighted by Gasteiger charge is -2.17. The molecule has 0 aromatic heterocycles. The minimum Gasteiger partial charge on any atom is -0.497 e. The predicted octanol–water partition coefficient (Wildman–Crippen LogP) is 0.482. The van der Waals surface area contributed by atoms with Gasteiger partial charge in [-0.1, -0.05) is 11.8 Å². The molecule has 0 atom stereocenters. The number of ether oxygens (including phenoxy) is 1. The Hall–Kier alpha value is -1.55. The van der Waals surface area contributed by atoms with Crippen molar-refractivity contribution < 1.29 is 13.2 Å². The molecule has 0 heterocycles. The zero-order valence-electron chi connectivity index (χ0n) is 12.7. The molecule has 0 spiro atoms. The van der Waals surface area contributed by atoms with Crippen molar-refractivity contribution in [3.05, 3.63) is 29.3 Å². The van der Waals surface area contributed by atoms with Gasteiger partial charge in [0, 0.05) is 24.9 Å². The molecule has 0 radical (unpaired) electrons. The van der Waals surface area contributed by atoms with Gasteiger partial charge >= 0.3 is 0 Å². The van der Waals surface area contributed by atoms with Gasteiger partial charge in [-0.25, -0.2) is 8.42 Å². The number of nitrogens with zero attached hydrogens (tertiary/aromatic N) is 1. The predicted molar refractivity (Wildman–Crippen MR) is 85.0 cm³/mol. The van der Waals surface area contributed by atoms with E-state index in [9.17, 15) is 8.42 Å². The lowest BCUT2D eigenvalue weighted by Crippen LogP contribution is -2.25. The van der Waals surface area contributed by atoms with Crippen LogP contribution in [0.25, 0.3) is 0 Å². The Balaban J connectivity index is 2.88. The first-order chi connectivity index (χ1) is 9.85. The Kier molecular flexibility index (Phi) is 6.69. The van der Waals surface area contributed by atoms with Gasteiger partial charge in [-0.2, -0.15) is 0 Å². The second-order valence-corrected chi connectivity index (χ2v) is 7.16. The SMILES string of the molecule is COc1ccc(C#CCN)c(CN(C)CCS(C)(=O)=O)c1. The largest absolute Gasteiger partial charge is 0.497 e. The molecule has 5 nitrogen and oxygen atoms in total. The summed E-state index contributed by atoms with van der Waals surface area (Å²) in [7, 11) is 0.529. The third-order valence-corrected chi connectivity index (χ3v) is 3.85. The van der Waals surface area contributed by atoms with Gasteiger partial charge in [-0.3, -0.25) is 0 Å². The van der Waals surface area contributed by atoms with Crippen molar-refractivity contribution in [2.75, 3.05) is 39.3 Å². The monoisotopic (exact) mass is 310 g/mol. The first-order valence-corrected chi connectivity index (χ1v) is 8.64. The van der Waals surface area contributed by atoms with Crippen LogP contribution in [-0.4, -0.2) is 52.6 Å². The maximum absolute atomic E-state index is 11.2. The highest BCUT2D eigenvalue weighted by molar-refractivity contribution is 7.90. The van der Waals surface area contributed by atoms with Crippen LogP contribution in [0, 0.1) is 11.8 Å². The van der Waals surface area contributed by atoms with E-state index >= 15 is 0 Å². The van der Waals surface area contributed by atoms with Gasteiger partial charge in [0.05, 0.1) is 19.4 Å². The van der Waals surface area contributed by atoms with Crippen molar-refractivity contribution >= 4 is 9.84 Å². The number of sulfone groups is 1. The molecule has 1 aromatic carbocycles. The summed E-state index contributed by atoms with van der Waals surface area (Å²) in [6.07, 6.45) is 1.24. The van der Waals surface area contributed by atoms with E-state index in [0.29, 0.717) is 19.6 Å². The number of hydrogen-bond acceptors (Lipinski definition) is 5. The van der Waals surface area contributed by atoms with Crippen molar-refractivity contribution in [2.45, 2.75) is 6.54 Å². The van der Waals surface area contributed by atoms with Gasteiger partial charge in [0.15, 0.2) is 0 Å². The third-order valence-electron chi connectivity index (χ3n) is 2.92. The summed E-state index contributed by atoms with van der Waals surface area (Å²) >= 11 is 0. The first kappa shape index (κ1) is 17.5. The summed E-state index contributed by atoms with van der Waals surface area (Å²) in [4.78, 5) is 1.95. The zero-order valence-corrected chi connectivity index (χ0v) is 13.5. The van der Waals surface area contributed by atoms with E-state index in [4.69, 9.17) is 10.5 Å². The fourth-order valence-corrected chi connectivity index (χ4v) is 2.43. The number of nitrogens with two attached hydrogens (primary N) is 1. The van der Waals surface area contributed by atoms with Gasteiger partial charge in [-0.05, 0) is 30.8 Å². The van der Waals surface area contributed by atoms with Crippen molar-refractivity contribution in [3.63, 3.8) is 0 Å². The number of hydrogen-bond donors (Lipinski definition) is 1. The topological polar surface area (TPSA) is 72.6 Å². The molecule has 21 heavy (non-hydrogen) atoms. The van der Waals surface area contributed by atoms with Gasteiger partial charge in [0.1, 0.15) is 15.6 Å². The molecular formula is C15H22N2O3S. The Bertz CT molecular complexity index is 630. The molecule has 0 unspecified atom stereocenters. The first-order valence-electron chi connectivity index (χ1n) is 6.58. The van der Waals surface area contributed by atoms with Crippen molar-refractivity contribution in [3.8, 4) is 17.6 Å². The Morgan fingerprint density at radius 3 is 2.67 bits per heavy atom. The summed E-state index contributed by atoms with van der Waals surface area (Å²) in [5.41, 5.74) is 7.28. The van der Waals surface area contributed by atoms with Crippen molar-refractivity contribution in [1.82, 2.24) is 4.90 Å². The van der Waals surface area contributed by atoms with Crippen molar-refractivity contribution in [2.24, 2.45) is 5.73 Å². The summed E-state index contributed by atoms with van der Waals surface area (Å²) in [5.74, 6) is 6.75. The van der Waals surface area contributed by atoms with E-state index in [1.165, 1.54) is 6.26 Å². The van der Waals surface area contributed by atoms with Crippen LogP contribution in [0.5, 0.6) is 5.75 Å². The quantitative estimate of drug-likeness (QED) is 0.774. The Morgan fingerprint density at radius 1 is 1.38 bits per heavy atom. The number of benzene rings is 1.